The summed E-state index contributed by atoms with van der Waals surface area (Å²) in [5.41, 5.74) is 3.83. The topological polar surface area (TPSA) is 71.5 Å². The van der Waals surface area contributed by atoms with Crippen LogP contribution in [0.3, 0.4) is 0 Å². The van der Waals surface area contributed by atoms with Crippen molar-refractivity contribution < 1.29 is 14.3 Å². The van der Waals surface area contributed by atoms with E-state index in [0.717, 1.165) is 52.4 Å². The average Bonchev–Trinajstić information content (AvgIpc) is 2.85. The second-order valence-electron chi connectivity index (χ2n) is 8.20. The summed E-state index contributed by atoms with van der Waals surface area (Å²) in [7, 11) is 0. The van der Waals surface area contributed by atoms with Crippen LogP contribution in [0.5, 0.6) is 0 Å². The monoisotopic (exact) mass is 439 g/mol. The maximum Gasteiger partial charge on any atom is 0.339 e. The van der Waals surface area contributed by atoms with E-state index in [4.69, 9.17) is 9.72 Å². The minimum atomic E-state index is -0.490. The molecule has 3 aromatic carbocycles. The van der Waals surface area contributed by atoms with Gasteiger partial charge in [-0.05, 0) is 24.1 Å². The zero-order chi connectivity index (χ0) is 22.8. The van der Waals surface area contributed by atoms with Crippen LogP contribution in [0.25, 0.3) is 21.7 Å². The molecule has 0 fully saturated rings. The molecule has 1 amide bonds. The first-order valence-corrected chi connectivity index (χ1v) is 11.2. The highest BCUT2D eigenvalue weighted by Gasteiger charge is 2.26. The third kappa shape index (κ3) is 4.17. The summed E-state index contributed by atoms with van der Waals surface area (Å²) in [6.07, 6.45) is 0.788. The molecule has 1 N–H and O–H groups in total. The van der Waals surface area contributed by atoms with Gasteiger partial charge in [0.15, 0.2) is 6.61 Å². The fourth-order valence-electron chi connectivity index (χ4n) is 4.47. The van der Waals surface area contributed by atoms with Crippen LogP contribution in [0.2, 0.25) is 0 Å². The Hall–Kier alpha value is -3.77. The number of anilines is 1. The minimum absolute atomic E-state index is 0.356. The van der Waals surface area contributed by atoms with Crippen molar-refractivity contribution in [2.75, 3.05) is 25.0 Å². The summed E-state index contributed by atoms with van der Waals surface area (Å²) in [5, 5.41) is 5.60. The number of likely N-dealkylation sites (N-methyl/N-ethyl adjacent to an activating group) is 1. The van der Waals surface area contributed by atoms with E-state index < -0.39 is 5.97 Å². The van der Waals surface area contributed by atoms with Crippen LogP contribution in [0, 0.1) is 0 Å². The fraction of sp³-hybridized carbons (Fsp3) is 0.222. The number of benzene rings is 3. The van der Waals surface area contributed by atoms with Gasteiger partial charge in [0.2, 0.25) is 0 Å². The largest absolute Gasteiger partial charge is 0.452 e. The predicted octanol–water partition coefficient (Wildman–Crippen LogP) is 4.56. The molecule has 5 rings (SSSR count). The number of esters is 1. The van der Waals surface area contributed by atoms with Crippen molar-refractivity contribution in [1.29, 1.82) is 0 Å². The maximum absolute atomic E-state index is 13.2. The van der Waals surface area contributed by atoms with Gasteiger partial charge in [0, 0.05) is 47.2 Å². The summed E-state index contributed by atoms with van der Waals surface area (Å²) in [6, 6.07) is 21.1. The van der Waals surface area contributed by atoms with Gasteiger partial charge in [-0.1, -0.05) is 61.5 Å². The van der Waals surface area contributed by atoms with E-state index in [1.165, 1.54) is 0 Å². The number of aromatic nitrogens is 1. The van der Waals surface area contributed by atoms with E-state index in [2.05, 4.69) is 17.1 Å². The van der Waals surface area contributed by atoms with Gasteiger partial charge in [0.25, 0.3) is 5.91 Å². The first-order chi connectivity index (χ1) is 16.1. The highest BCUT2D eigenvalue weighted by molar-refractivity contribution is 6.07. The molecule has 6 heteroatoms. The van der Waals surface area contributed by atoms with Crippen LogP contribution in [0.1, 0.15) is 28.5 Å². The molecule has 0 spiro atoms. The lowest BCUT2D eigenvalue weighted by Crippen LogP contribution is -2.32. The zero-order valence-corrected chi connectivity index (χ0v) is 18.5. The molecule has 0 saturated carbocycles. The number of amides is 1. The normalized spacial score (nSPS) is 13.6. The number of fused-ring (bicyclic) bond motifs is 3. The van der Waals surface area contributed by atoms with Gasteiger partial charge in [0.1, 0.15) is 0 Å². The van der Waals surface area contributed by atoms with Crippen LogP contribution < -0.4 is 5.32 Å². The van der Waals surface area contributed by atoms with Crippen LogP contribution >= 0.6 is 0 Å². The molecule has 166 valence electrons. The second kappa shape index (κ2) is 9.00. The van der Waals surface area contributed by atoms with Crippen molar-refractivity contribution in [3.05, 3.63) is 83.6 Å². The summed E-state index contributed by atoms with van der Waals surface area (Å²) in [5.74, 6) is -0.863. The number of hydrogen-bond acceptors (Lipinski definition) is 5. The van der Waals surface area contributed by atoms with Crippen LogP contribution in [0.15, 0.2) is 66.7 Å². The summed E-state index contributed by atoms with van der Waals surface area (Å²) >= 11 is 0. The predicted molar refractivity (Wildman–Crippen MR) is 129 cm³/mol. The quantitative estimate of drug-likeness (QED) is 0.462. The number of pyridine rings is 1. The van der Waals surface area contributed by atoms with Gasteiger partial charge in [-0.2, -0.15) is 0 Å². The first kappa shape index (κ1) is 21.1. The van der Waals surface area contributed by atoms with Gasteiger partial charge in [-0.25, -0.2) is 4.79 Å². The number of rotatable bonds is 5. The Labute approximate surface area is 192 Å². The number of carbonyl (C=O) groups excluding carboxylic acids is 2. The Balaban J connectivity index is 1.38. The maximum atomic E-state index is 13.2. The van der Waals surface area contributed by atoms with Gasteiger partial charge in [0.05, 0.1) is 11.1 Å². The minimum Gasteiger partial charge on any atom is -0.452 e. The summed E-state index contributed by atoms with van der Waals surface area (Å²) < 4.78 is 5.52. The van der Waals surface area contributed by atoms with Gasteiger partial charge < -0.3 is 10.1 Å². The highest BCUT2D eigenvalue weighted by atomic mass is 16.5. The summed E-state index contributed by atoms with van der Waals surface area (Å²) in [6.45, 7) is 4.21. The number of hydrogen-bond donors (Lipinski definition) is 1. The molecule has 0 bridgehead atoms. The van der Waals surface area contributed by atoms with Gasteiger partial charge in [-0.3, -0.25) is 14.7 Å². The van der Waals surface area contributed by atoms with Crippen LogP contribution in [-0.4, -0.2) is 41.5 Å². The van der Waals surface area contributed by atoms with Crippen molar-refractivity contribution in [3.8, 4) is 0 Å². The third-order valence-electron chi connectivity index (χ3n) is 6.17. The molecule has 0 saturated heterocycles. The molecule has 1 aliphatic rings. The molecule has 0 radical (unpaired) electrons. The standard InChI is InChI=1S/C27H25N3O3/c1-2-30-15-14-24-21(16-30)26(20-11-5-6-12-23(20)28-24)27(32)33-17-25(31)29-22-13-7-9-18-8-3-4-10-19(18)22/h3-13H,2,14-17H2,1H3,(H,29,31). The number of ether oxygens (including phenoxy) is 1. The Morgan fingerprint density at radius 3 is 2.61 bits per heavy atom. The molecule has 2 heterocycles. The molecule has 6 nitrogen and oxygen atoms in total. The molecule has 4 aromatic rings. The first-order valence-electron chi connectivity index (χ1n) is 11.2. The molecule has 33 heavy (non-hydrogen) atoms. The molecule has 1 aromatic heterocycles. The molecular formula is C27H25N3O3. The Morgan fingerprint density at radius 2 is 1.76 bits per heavy atom. The molecule has 1 aliphatic heterocycles. The second-order valence-corrected chi connectivity index (χ2v) is 8.20. The van der Waals surface area contributed by atoms with E-state index >= 15 is 0 Å². The number of para-hydroxylation sites is 1. The van der Waals surface area contributed by atoms with E-state index in [-0.39, 0.29) is 12.5 Å². The van der Waals surface area contributed by atoms with Crippen LogP contribution in [-0.2, 0) is 22.5 Å². The highest BCUT2D eigenvalue weighted by Crippen LogP contribution is 2.29. The van der Waals surface area contributed by atoms with Gasteiger partial charge in [-0.15, -0.1) is 0 Å². The van der Waals surface area contributed by atoms with Crippen LogP contribution in [0.4, 0.5) is 5.69 Å². The van der Waals surface area contributed by atoms with E-state index in [1.54, 1.807) is 0 Å². The molecular weight excluding hydrogens is 414 g/mol. The van der Waals surface area contributed by atoms with Crippen molar-refractivity contribution in [2.24, 2.45) is 0 Å². The Morgan fingerprint density at radius 1 is 1.00 bits per heavy atom. The van der Waals surface area contributed by atoms with Crippen molar-refractivity contribution in [1.82, 2.24) is 9.88 Å². The van der Waals surface area contributed by atoms with E-state index in [1.807, 2.05) is 66.7 Å². The third-order valence-corrected chi connectivity index (χ3v) is 6.17. The van der Waals surface area contributed by atoms with Crippen molar-refractivity contribution in [3.63, 3.8) is 0 Å². The Kier molecular flexibility index (Phi) is 5.75. The average molecular weight is 440 g/mol. The lowest BCUT2D eigenvalue weighted by Gasteiger charge is -2.28. The molecule has 0 atom stereocenters. The lowest BCUT2D eigenvalue weighted by atomic mass is 9.96. The van der Waals surface area contributed by atoms with Gasteiger partial charge >= 0.3 is 5.97 Å². The smallest absolute Gasteiger partial charge is 0.339 e. The van der Waals surface area contributed by atoms with Crippen molar-refractivity contribution in [2.45, 2.75) is 19.9 Å². The number of carbonyl (C=O) groups is 2. The Bertz CT molecular complexity index is 1360. The summed E-state index contributed by atoms with van der Waals surface area (Å²) in [4.78, 5) is 33.0. The molecule has 0 aliphatic carbocycles. The SMILES string of the molecule is CCN1CCc2nc3ccccc3c(C(=O)OCC(=O)Nc3cccc4ccccc34)c2C1. The number of nitrogens with zero attached hydrogens (tertiary/aromatic N) is 2. The van der Waals surface area contributed by atoms with E-state index in [9.17, 15) is 9.59 Å². The lowest BCUT2D eigenvalue weighted by molar-refractivity contribution is -0.119. The van der Waals surface area contributed by atoms with E-state index in [0.29, 0.717) is 17.8 Å². The molecule has 0 unspecified atom stereocenters. The van der Waals surface area contributed by atoms with Crippen molar-refractivity contribution >= 4 is 39.2 Å². The number of nitrogens with one attached hydrogen (secondary N) is 1. The zero-order valence-electron chi connectivity index (χ0n) is 18.5. The fourth-order valence-corrected chi connectivity index (χ4v) is 4.47.